The van der Waals surface area contributed by atoms with Crippen molar-refractivity contribution in [3.8, 4) is 0 Å². The number of carboxylic acids is 1. The molecule has 0 fully saturated rings. The first-order chi connectivity index (χ1) is 10.1. The van der Waals surface area contributed by atoms with E-state index in [9.17, 15) is 4.79 Å². The van der Waals surface area contributed by atoms with Gasteiger partial charge in [-0.2, -0.15) is 0 Å². The van der Waals surface area contributed by atoms with Crippen molar-refractivity contribution in [1.29, 1.82) is 0 Å². The molecule has 2 rings (SSSR count). The van der Waals surface area contributed by atoms with Gasteiger partial charge in [-0.05, 0) is 24.3 Å². The van der Waals surface area contributed by atoms with Crippen LogP contribution in [0.3, 0.4) is 0 Å². The van der Waals surface area contributed by atoms with Crippen LogP contribution in [0.1, 0.15) is 24.7 Å². The minimum atomic E-state index is -0.745. The third-order valence-electron chi connectivity index (χ3n) is 2.17. The Balaban J connectivity index is 0. The number of carbonyl (C=O) groups is 1. The monoisotopic (exact) mass is 353 g/mol. The fourth-order valence-electron chi connectivity index (χ4n) is 1.04. The summed E-state index contributed by atoms with van der Waals surface area (Å²) in [5.74, 6) is -0.745. The van der Waals surface area contributed by atoms with Crippen LogP contribution in [0.5, 0.6) is 0 Å². The van der Waals surface area contributed by atoms with Crippen molar-refractivity contribution in [2.75, 3.05) is 0 Å². The van der Waals surface area contributed by atoms with E-state index in [0.717, 1.165) is 11.4 Å². The summed E-state index contributed by atoms with van der Waals surface area (Å²) in [4.78, 5) is 17.3. The van der Waals surface area contributed by atoms with Crippen molar-refractivity contribution >= 4 is 5.97 Å². The van der Waals surface area contributed by atoms with Crippen molar-refractivity contribution < 1.29 is 27.0 Å². The van der Waals surface area contributed by atoms with Crippen LogP contribution in [-0.4, -0.2) is 21.0 Å². The first-order valence-electron chi connectivity index (χ1n) is 6.55. The minimum Gasteiger partial charge on any atom is -0.481 e. The Morgan fingerprint density at radius 1 is 1.00 bits per heavy atom. The number of hydrogen-bond acceptors (Lipinski definition) is 5. The number of rotatable bonds is 3. The van der Waals surface area contributed by atoms with Gasteiger partial charge >= 0.3 is 5.97 Å². The van der Waals surface area contributed by atoms with Gasteiger partial charge < -0.3 is 16.6 Å². The number of pyridine rings is 2. The summed E-state index contributed by atoms with van der Waals surface area (Å²) >= 11 is 0. The Hall–Kier alpha value is -1.79. The van der Waals surface area contributed by atoms with Crippen LogP contribution >= 0.6 is 0 Å². The van der Waals surface area contributed by atoms with Crippen molar-refractivity contribution in [2.24, 2.45) is 11.5 Å². The van der Waals surface area contributed by atoms with Crippen LogP contribution in [0, 0.1) is 0 Å². The van der Waals surface area contributed by atoms with E-state index >= 15 is 0 Å². The van der Waals surface area contributed by atoms with E-state index in [0.29, 0.717) is 13.1 Å². The Bertz CT molecular complexity index is 444. The Morgan fingerprint density at radius 3 is 1.50 bits per heavy atom. The molecule has 1 radical (unpaired) electrons. The molecular weight excluding hydrogens is 332 g/mol. The van der Waals surface area contributed by atoms with E-state index < -0.39 is 5.97 Å². The van der Waals surface area contributed by atoms with Crippen molar-refractivity contribution in [3.63, 3.8) is 0 Å². The second-order valence-corrected chi connectivity index (χ2v) is 3.80. The van der Waals surface area contributed by atoms with Gasteiger partial charge in [-0.25, -0.2) is 0 Å². The molecule has 2 aromatic heterocycles. The summed E-state index contributed by atoms with van der Waals surface area (Å²) in [7, 11) is 0. The molecule has 5 N–H and O–H groups in total. The molecule has 0 aliphatic rings. The number of nitrogens with zero attached hydrogens (tertiary/aromatic N) is 2. The molecule has 0 aliphatic heterocycles. The van der Waals surface area contributed by atoms with Gasteiger partial charge in [0.2, 0.25) is 0 Å². The van der Waals surface area contributed by atoms with Crippen LogP contribution in [0.4, 0.5) is 0 Å². The predicted octanol–water partition coefficient (Wildman–Crippen LogP) is 1.56. The van der Waals surface area contributed by atoms with Gasteiger partial charge in [-0.3, -0.25) is 14.8 Å². The molecule has 125 valence electrons. The normalized spacial score (nSPS) is 8.32. The standard InChI is InChI=1S/2C6H8N2.C3H6O2.Cu/c2*7-5-6-3-1-2-4-8-6;1-2-3(4)5;/h2*1-4H,5,7H2;2H2,1H3,(H,4,5);. The van der Waals surface area contributed by atoms with E-state index in [4.69, 9.17) is 16.6 Å². The molecule has 0 amide bonds. The summed E-state index contributed by atoms with van der Waals surface area (Å²) < 4.78 is 0. The molecule has 0 atom stereocenters. The molecule has 0 unspecified atom stereocenters. The van der Waals surface area contributed by atoms with E-state index in [1.807, 2.05) is 36.4 Å². The van der Waals surface area contributed by atoms with E-state index in [1.54, 1.807) is 19.3 Å². The predicted molar refractivity (Wildman–Crippen MR) is 82.2 cm³/mol. The van der Waals surface area contributed by atoms with Gasteiger partial charge in [0.25, 0.3) is 0 Å². The van der Waals surface area contributed by atoms with Gasteiger partial charge in [0.15, 0.2) is 0 Å². The third-order valence-corrected chi connectivity index (χ3v) is 2.17. The fourth-order valence-corrected chi connectivity index (χ4v) is 1.04. The maximum atomic E-state index is 9.37. The summed E-state index contributed by atoms with van der Waals surface area (Å²) in [6, 6.07) is 11.4. The molecule has 0 aromatic carbocycles. The van der Waals surface area contributed by atoms with Crippen molar-refractivity contribution in [3.05, 3.63) is 60.2 Å². The van der Waals surface area contributed by atoms with Gasteiger partial charge in [0, 0.05) is 49.0 Å². The number of aromatic nitrogens is 2. The Morgan fingerprint density at radius 2 is 1.36 bits per heavy atom. The fraction of sp³-hybridized carbons (Fsp3) is 0.267. The molecule has 6 nitrogen and oxygen atoms in total. The van der Waals surface area contributed by atoms with Gasteiger partial charge in [-0.1, -0.05) is 19.1 Å². The summed E-state index contributed by atoms with van der Waals surface area (Å²) in [5.41, 5.74) is 12.4. The molecule has 7 heteroatoms. The maximum Gasteiger partial charge on any atom is 0.303 e. The van der Waals surface area contributed by atoms with Crippen molar-refractivity contribution in [2.45, 2.75) is 26.4 Å². The number of carboxylic acid groups (broad SMARTS) is 1. The van der Waals surface area contributed by atoms with E-state index in [1.165, 1.54) is 0 Å². The first-order valence-corrected chi connectivity index (χ1v) is 6.55. The smallest absolute Gasteiger partial charge is 0.303 e. The zero-order chi connectivity index (χ0) is 15.9. The quantitative estimate of drug-likeness (QED) is 0.721. The molecule has 2 heterocycles. The first kappa shape index (κ1) is 22.5. The average Bonchev–Trinajstić information content (AvgIpc) is 2.57. The molecule has 22 heavy (non-hydrogen) atoms. The minimum absolute atomic E-state index is 0. The van der Waals surface area contributed by atoms with Crippen LogP contribution in [0.15, 0.2) is 48.8 Å². The Kier molecular flexibility index (Phi) is 15.9. The summed E-state index contributed by atoms with van der Waals surface area (Å²) in [6.45, 7) is 2.66. The van der Waals surface area contributed by atoms with Gasteiger partial charge in [-0.15, -0.1) is 0 Å². The van der Waals surface area contributed by atoms with E-state index in [2.05, 4.69) is 9.97 Å². The van der Waals surface area contributed by atoms with Crippen LogP contribution in [0.2, 0.25) is 0 Å². The molecule has 0 aliphatic carbocycles. The molecular formula is C15H22CuN4O2. The molecule has 0 saturated carbocycles. The second-order valence-electron chi connectivity index (χ2n) is 3.80. The van der Waals surface area contributed by atoms with Gasteiger partial charge in [0.05, 0.1) is 11.4 Å². The third kappa shape index (κ3) is 13.2. The SMILES string of the molecule is CCC(=O)O.NCc1ccccn1.NCc1ccccn1.[Cu]. The van der Waals surface area contributed by atoms with Crippen LogP contribution < -0.4 is 11.5 Å². The zero-order valence-electron chi connectivity index (χ0n) is 12.4. The van der Waals surface area contributed by atoms with Crippen LogP contribution in [-0.2, 0) is 35.0 Å². The second kappa shape index (κ2) is 15.6. The Labute approximate surface area is 141 Å². The number of hydrogen-bond donors (Lipinski definition) is 3. The summed E-state index contributed by atoms with van der Waals surface area (Å²) in [6.07, 6.45) is 3.70. The average molecular weight is 354 g/mol. The molecule has 0 bridgehead atoms. The van der Waals surface area contributed by atoms with Gasteiger partial charge in [0.1, 0.15) is 0 Å². The number of nitrogens with two attached hydrogens (primary N) is 2. The van der Waals surface area contributed by atoms with Crippen molar-refractivity contribution in [1.82, 2.24) is 9.97 Å². The van der Waals surface area contributed by atoms with Crippen LogP contribution in [0.25, 0.3) is 0 Å². The largest absolute Gasteiger partial charge is 0.481 e. The maximum absolute atomic E-state index is 9.37. The summed E-state index contributed by atoms with van der Waals surface area (Å²) in [5, 5.41) is 7.72. The number of aliphatic carboxylic acids is 1. The zero-order valence-corrected chi connectivity index (χ0v) is 13.4. The topological polar surface area (TPSA) is 115 Å². The van der Waals surface area contributed by atoms with E-state index in [-0.39, 0.29) is 23.5 Å². The molecule has 0 saturated heterocycles. The molecule has 2 aromatic rings. The molecule has 0 spiro atoms.